The molecule has 0 unspecified atom stereocenters. The minimum Gasteiger partial charge on any atom is -0.497 e. The van der Waals surface area contributed by atoms with Crippen molar-refractivity contribution in [2.45, 2.75) is 44.7 Å². The number of nitrogens with zero attached hydrogens (tertiary/aromatic N) is 12. The summed E-state index contributed by atoms with van der Waals surface area (Å²) < 4.78 is 23.0. The summed E-state index contributed by atoms with van der Waals surface area (Å²) in [5.41, 5.74) is 10.4. The zero-order valence-electron chi connectivity index (χ0n) is 36.0. The molecule has 0 saturated carbocycles. The van der Waals surface area contributed by atoms with Crippen LogP contribution in [0.5, 0.6) is 17.2 Å². The third-order valence-corrected chi connectivity index (χ3v) is 11.2. The number of aromatic nitrogens is 10. The van der Waals surface area contributed by atoms with Crippen LogP contribution in [0.15, 0.2) is 98.1 Å². The molecule has 2 atom stereocenters. The Bertz CT molecular complexity index is 2800. The molecule has 0 bridgehead atoms. The van der Waals surface area contributed by atoms with E-state index in [9.17, 15) is 10.2 Å². The molecule has 2 aliphatic heterocycles. The summed E-state index contributed by atoms with van der Waals surface area (Å²) in [4.78, 5) is 21.8. The Morgan fingerprint density at radius 2 is 1.27 bits per heavy atom. The normalized spacial score (nSPS) is 15.8. The number of methoxy groups -OCH3 is 3. The Balaban J connectivity index is 0.000000144. The average Bonchev–Trinajstić information content (AvgIpc) is 4.17. The predicted molar refractivity (Wildman–Crippen MR) is 245 cm³/mol. The van der Waals surface area contributed by atoms with E-state index in [1.54, 1.807) is 53.8 Å². The maximum Gasteiger partial charge on any atom is 0.248 e. The van der Waals surface area contributed by atoms with E-state index in [0.717, 1.165) is 95.6 Å². The molecule has 5 N–H and O–H groups in total. The molecule has 2 aliphatic rings. The molecular formula is C44H51ClN14O5. The highest BCUT2D eigenvalue weighted by atomic mass is 35.5. The molecule has 2 fully saturated rings. The minimum atomic E-state index is 0.0805. The van der Waals surface area contributed by atoms with Gasteiger partial charge < -0.3 is 54.4 Å². The van der Waals surface area contributed by atoms with Crippen LogP contribution < -0.4 is 35.1 Å². The second-order valence-corrected chi connectivity index (χ2v) is 15.6. The second-order valence-electron chi connectivity index (χ2n) is 15.3. The van der Waals surface area contributed by atoms with E-state index in [1.807, 2.05) is 84.7 Å². The van der Waals surface area contributed by atoms with Gasteiger partial charge in [0.05, 0.1) is 70.4 Å². The number of hydrogen-bond acceptors (Lipinski definition) is 15. The number of imidazole rings is 2. The molecule has 0 radical (unpaired) electrons. The van der Waals surface area contributed by atoms with Gasteiger partial charge >= 0.3 is 0 Å². The van der Waals surface area contributed by atoms with Crippen LogP contribution in [0.3, 0.4) is 0 Å². The number of benzene rings is 2. The fraction of sp³-hybridized carbons (Fsp3) is 0.318. The van der Waals surface area contributed by atoms with Crippen molar-refractivity contribution >= 4 is 51.9 Å². The van der Waals surface area contributed by atoms with Crippen molar-refractivity contribution in [2.75, 3.05) is 68.5 Å². The number of aliphatic hydroxyl groups is 2. The van der Waals surface area contributed by atoms with Gasteiger partial charge in [0.1, 0.15) is 46.8 Å². The first-order valence-electron chi connectivity index (χ1n) is 20.8. The first-order chi connectivity index (χ1) is 31.2. The first-order valence-corrected chi connectivity index (χ1v) is 21.2. The summed E-state index contributed by atoms with van der Waals surface area (Å²) >= 11 is 5.92. The van der Waals surface area contributed by atoms with E-state index in [0.29, 0.717) is 17.6 Å². The highest BCUT2D eigenvalue weighted by Gasteiger charge is 2.28. The summed E-state index contributed by atoms with van der Waals surface area (Å²) in [5.74, 6) is 5.44. The van der Waals surface area contributed by atoms with Crippen LogP contribution in [0, 0.1) is 6.92 Å². The number of rotatable bonds is 11. The fourth-order valence-electron chi connectivity index (χ4n) is 7.95. The Kier molecular flexibility index (Phi) is 13.3. The van der Waals surface area contributed by atoms with Crippen LogP contribution in [-0.2, 0) is 0 Å². The van der Waals surface area contributed by atoms with Gasteiger partial charge in [-0.2, -0.15) is 9.97 Å². The molecule has 10 rings (SSSR count). The van der Waals surface area contributed by atoms with E-state index >= 15 is 0 Å². The number of fused-ring (bicyclic) bond motifs is 2. The standard InChI is InChI=1S/C22H25N7O2.C11H13ClN4O.C11H13N3O2/c1-15-9-17(11-18(10-15)31-2)27-12-20(23-14-27)24-22-25-21(19-6-4-8-29(19)26-22)28-7-3-5-16(28)13-30;12-11-13-10(9-4-2-6-16(9)14-11)15-5-1-3-8(15)7-17;1-15-9-3-8(4-10(5-9)16-2)14-6-11(12)13-7-14/h4,6,8-12,14,16,30H,3,5,7,13H2,1-2H3,(H,24,26);2,4,6,8,17H,1,3,5,7H2;3-7H,12H2,1-2H3/t16-;8-;/m00./s1. The molecule has 0 aliphatic carbocycles. The van der Waals surface area contributed by atoms with Crippen molar-refractivity contribution in [3.63, 3.8) is 0 Å². The van der Waals surface area contributed by atoms with Crippen LogP contribution in [0.2, 0.25) is 5.28 Å². The summed E-state index contributed by atoms with van der Waals surface area (Å²) in [6.07, 6.45) is 14.8. The maximum atomic E-state index is 9.76. The molecule has 64 heavy (non-hydrogen) atoms. The van der Waals surface area contributed by atoms with E-state index < -0.39 is 0 Å². The van der Waals surface area contributed by atoms with Crippen molar-refractivity contribution < 1.29 is 24.4 Å². The quantitative estimate of drug-likeness (QED) is 0.122. The number of nitrogens with two attached hydrogens (primary N) is 1. The zero-order valence-corrected chi connectivity index (χ0v) is 36.7. The van der Waals surface area contributed by atoms with E-state index in [-0.39, 0.29) is 30.6 Å². The molecular weight excluding hydrogens is 840 g/mol. The molecule has 334 valence electrons. The summed E-state index contributed by atoms with van der Waals surface area (Å²) in [7, 11) is 4.88. The first kappa shape index (κ1) is 43.6. The number of aliphatic hydroxyl groups excluding tert-OH is 2. The number of nitrogens with one attached hydrogen (secondary N) is 1. The van der Waals surface area contributed by atoms with E-state index in [4.69, 9.17) is 36.5 Å². The third kappa shape index (κ3) is 9.60. The lowest BCUT2D eigenvalue weighted by Crippen LogP contribution is -2.33. The van der Waals surface area contributed by atoms with Crippen LogP contribution in [0.4, 0.5) is 29.2 Å². The van der Waals surface area contributed by atoms with Gasteiger partial charge in [-0.05, 0) is 86.2 Å². The van der Waals surface area contributed by atoms with Crippen LogP contribution >= 0.6 is 11.6 Å². The Morgan fingerprint density at radius 1 is 0.719 bits per heavy atom. The molecule has 8 heterocycles. The molecule has 0 spiro atoms. The van der Waals surface area contributed by atoms with Crippen LogP contribution in [-0.4, -0.2) is 118 Å². The number of aryl methyl sites for hydroxylation is 1. The van der Waals surface area contributed by atoms with Gasteiger partial charge in [-0.3, -0.25) is 0 Å². The smallest absolute Gasteiger partial charge is 0.248 e. The Hall–Kier alpha value is -7.09. The van der Waals surface area contributed by atoms with Crippen molar-refractivity contribution in [1.29, 1.82) is 0 Å². The molecule has 2 aromatic carbocycles. The van der Waals surface area contributed by atoms with Gasteiger partial charge in [0.25, 0.3) is 0 Å². The number of ether oxygens (including phenoxy) is 3. The predicted octanol–water partition coefficient (Wildman–Crippen LogP) is 5.75. The summed E-state index contributed by atoms with van der Waals surface area (Å²) in [5, 5.41) is 31.3. The highest BCUT2D eigenvalue weighted by molar-refractivity contribution is 6.28. The van der Waals surface area contributed by atoms with Gasteiger partial charge in [-0.25, -0.2) is 19.0 Å². The molecule has 2 saturated heterocycles. The van der Waals surface area contributed by atoms with Gasteiger partial charge in [0.2, 0.25) is 11.2 Å². The molecule has 19 nitrogen and oxygen atoms in total. The lowest BCUT2D eigenvalue weighted by molar-refractivity contribution is 0.266. The summed E-state index contributed by atoms with van der Waals surface area (Å²) in [6.45, 7) is 4.06. The number of anilines is 5. The van der Waals surface area contributed by atoms with Crippen molar-refractivity contribution in [3.05, 3.63) is 109 Å². The number of halogens is 1. The van der Waals surface area contributed by atoms with E-state index in [2.05, 4.69) is 46.3 Å². The number of nitrogen functional groups attached to an aromatic ring is 1. The number of hydrogen-bond donors (Lipinski definition) is 4. The van der Waals surface area contributed by atoms with Crippen molar-refractivity contribution in [3.8, 4) is 28.6 Å². The van der Waals surface area contributed by atoms with E-state index in [1.165, 1.54) is 0 Å². The largest absolute Gasteiger partial charge is 0.497 e. The summed E-state index contributed by atoms with van der Waals surface area (Å²) in [6, 6.07) is 19.6. The molecule has 6 aromatic heterocycles. The third-order valence-electron chi connectivity index (χ3n) is 11.1. The van der Waals surface area contributed by atoms with Crippen LogP contribution in [0.1, 0.15) is 31.2 Å². The lowest BCUT2D eigenvalue weighted by atomic mass is 10.2. The monoisotopic (exact) mass is 890 g/mol. The van der Waals surface area contributed by atoms with Gasteiger partial charge in [0.15, 0.2) is 17.5 Å². The molecule has 8 aromatic rings. The SMILES string of the molecule is COc1cc(C)cc(-n2cnc(Nc3nc(N4CCC[C@H]4CO)c4cccn4n3)c2)c1.COc1cc(OC)cc(-n2cnc(N)c2)c1.OC[C@@H]1CCCN1c1nc(Cl)nn2cccc12. The van der Waals surface area contributed by atoms with Gasteiger partial charge in [-0.15, -0.1) is 10.2 Å². The molecule has 0 amide bonds. The minimum absolute atomic E-state index is 0.0805. The van der Waals surface area contributed by atoms with Crippen molar-refractivity contribution in [1.82, 2.24) is 48.3 Å². The molecule has 20 heteroatoms. The fourth-order valence-corrected chi connectivity index (χ4v) is 8.12. The Morgan fingerprint density at radius 3 is 1.84 bits per heavy atom. The van der Waals surface area contributed by atoms with Crippen LogP contribution in [0.25, 0.3) is 22.4 Å². The second kappa shape index (κ2) is 19.5. The van der Waals surface area contributed by atoms with Gasteiger partial charge in [-0.1, -0.05) is 0 Å². The van der Waals surface area contributed by atoms with Gasteiger partial charge in [0, 0.05) is 49.7 Å². The highest BCUT2D eigenvalue weighted by Crippen LogP contribution is 2.31. The Labute approximate surface area is 374 Å². The van der Waals surface area contributed by atoms with Crippen molar-refractivity contribution in [2.24, 2.45) is 0 Å². The zero-order chi connectivity index (χ0) is 44.7. The lowest BCUT2D eigenvalue weighted by Gasteiger charge is -2.25. The topological polar surface area (TPSA) is 209 Å². The maximum absolute atomic E-state index is 9.76. The average molecular weight is 891 g/mol.